The first-order chi connectivity index (χ1) is 12.6. The molecule has 2 bridgehead atoms. The number of hydrogen-bond acceptors (Lipinski definition) is 3. The number of carbonyl (C=O) groups is 1. The first kappa shape index (κ1) is 20.6. The van der Waals surface area contributed by atoms with E-state index in [9.17, 15) is 4.79 Å². The maximum Gasteiger partial charge on any atom is 0.226 e. The average Bonchev–Trinajstić information content (AvgIpc) is 2.63. The first-order valence-electron chi connectivity index (χ1n) is 10.4. The van der Waals surface area contributed by atoms with Crippen LogP contribution in [-0.4, -0.2) is 24.6 Å². The normalized spacial score (nSPS) is 35.8. The highest BCUT2D eigenvalue weighted by Gasteiger charge is 2.42. The predicted octanol–water partition coefficient (Wildman–Crippen LogP) is 3.91. The van der Waals surface area contributed by atoms with Crippen molar-refractivity contribution in [1.29, 1.82) is 0 Å². The lowest BCUT2D eigenvalue weighted by atomic mass is 9.67. The minimum Gasteiger partial charge on any atom is -0.373 e. The number of aryl methyl sites for hydroxylation is 1. The number of ether oxygens (including phenoxy) is 1. The van der Waals surface area contributed by atoms with Crippen LogP contribution in [0.15, 0.2) is 24.3 Å². The summed E-state index contributed by atoms with van der Waals surface area (Å²) in [5, 5.41) is 3.45. The molecule has 1 amide bonds. The molecular formula is C22H33ClN2O2. The van der Waals surface area contributed by atoms with E-state index in [1.807, 2.05) is 0 Å². The summed E-state index contributed by atoms with van der Waals surface area (Å²) in [6.07, 6.45) is 7.57. The van der Waals surface area contributed by atoms with Gasteiger partial charge in [0.15, 0.2) is 0 Å². The Labute approximate surface area is 169 Å². The van der Waals surface area contributed by atoms with E-state index in [1.54, 1.807) is 0 Å². The molecular weight excluding hydrogens is 360 g/mol. The number of rotatable bonds is 3. The molecule has 4 nitrogen and oxygen atoms in total. The largest absolute Gasteiger partial charge is 0.373 e. The molecule has 1 aliphatic heterocycles. The Morgan fingerprint density at radius 3 is 2.41 bits per heavy atom. The SMILES string of the molecule is Cc1ccc(C2OCCCC2C(=O)NC2C3CCCC2CC(N)C3)cc1.Cl. The number of nitrogens with one attached hydrogen (secondary N) is 1. The van der Waals surface area contributed by atoms with Crippen LogP contribution in [0.2, 0.25) is 0 Å². The van der Waals surface area contributed by atoms with Crippen LogP contribution < -0.4 is 11.1 Å². The van der Waals surface area contributed by atoms with Gasteiger partial charge in [0.25, 0.3) is 0 Å². The quantitative estimate of drug-likeness (QED) is 0.819. The smallest absolute Gasteiger partial charge is 0.226 e. The van der Waals surface area contributed by atoms with E-state index in [4.69, 9.17) is 10.5 Å². The van der Waals surface area contributed by atoms with E-state index in [-0.39, 0.29) is 30.3 Å². The highest BCUT2D eigenvalue weighted by atomic mass is 35.5. The third-order valence-electron chi connectivity index (χ3n) is 6.75. The summed E-state index contributed by atoms with van der Waals surface area (Å²) in [5.41, 5.74) is 8.60. The van der Waals surface area contributed by atoms with Gasteiger partial charge in [-0.2, -0.15) is 0 Å². The van der Waals surface area contributed by atoms with Crippen LogP contribution in [0.3, 0.4) is 0 Å². The summed E-state index contributed by atoms with van der Waals surface area (Å²) in [6.45, 7) is 2.83. The Morgan fingerprint density at radius 1 is 1.07 bits per heavy atom. The minimum atomic E-state index is -0.116. The van der Waals surface area contributed by atoms with Crippen LogP contribution in [0.5, 0.6) is 0 Å². The Balaban J connectivity index is 0.00000210. The Kier molecular flexibility index (Phi) is 6.83. The lowest BCUT2D eigenvalue weighted by molar-refractivity contribution is -0.137. The van der Waals surface area contributed by atoms with Gasteiger partial charge in [-0.25, -0.2) is 0 Å². The second kappa shape index (κ2) is 8.93. The molecule has 4 atom stereocenters. The van der Waals surface area contributed by atoms with Gasteiger partial charge in [0.2, 0.25) is 5.91 Å². The van der Waals surface area contributed by atoms with Gasteiger partial charge in [0.05, 0.1) is 12.0 Å². The van der Waals surface area contributed by atoms with Crippen LogP contribution in [0, 0.1) is 24.7 Å². The standard InChI is InChI=1S/C22H32N2O2.ClH/c1-14-7-9-15(10-8-14)21-19(6-3-11-26-21)22(25)24-20-16-4-2-5-17(20)13-18(23)12-16;/h7-10,16-21H,2-6,11-13,23H2,1H3,(H,24,25);1H. The summed E-state index contributed by atoms with van der Waals surface area (Å²) in [5.74, 6) is 1.22. The fourth-order valence-corrected chi connectivity index (χ4v) is 5.43. The van der Waals surface area contributed by atoms with E-state index in [1.165, 1.54) is 24.8 Å². The number of amides is 1. The molecule has 1 saturated heterocycles. The van der Waals surface area contributed by atoms with E-state index >= 15 is 0 Å². The van der Waals surface area contributed by atoms with Gasteiger partial charge in [0, 0.05) is 18.7 Å². The van der Waals surface area contributed by atoms with Crippen LogP contribution in [0.25, 0.3) is 0 Å². The first-order valence-corrected chi connectivity index (χ1v) is 10.4. The molecule has 0 radical (unpaired) electrons. The maximum absolute atomic E-state index is 13.2. The van der Waals surface area contributed by atoms with Crippen LogP contribution in [-0.2, 0) is 9.53 Å². The topological polar surface area (TPSA) is 64.3 Å². The fraction of sp³-hybridized carbons (Fsp3) is 0.682. The van der Waals surface area contributed by atoms with Gasteiger partial charge in [-0.05, 0) is 62.8 Å². The van der Waals surface area contributed by atoms with E-state index in [2.05, 4.69) is 36.5 Å². The molecule has 1 heterocycles. The molecule has 2 aliphatic carbocycles. The van der Waals surface area contributed by atoms with Crippen molar-refractivity contribution >= 4 is 18.3 Å². The van der Waals surface area contributed by atoms with Gasteiger partial charge in [0.1, 0.15) is 0 Å². The predicted molar refractivity (Wildman–Crippen MR) is 110 cm³/mol. The second-order valence-corrected chi connectivity index (χ2v) is 8.67. The lowest BCUT2D eigenvalue weighted by Gasteiger charge is -2.46. The molecule has 3 aliphatic rings. The van der Waals surface area contributed by atoms with Crippen molar-refractivity contribution in [3.05, 3.63) is 35.4 Å². The van der Waals surface area contributed by atoms with E-state index in [0.717, 1.165) is 37.9 Å². The zero-order chi connectivity index (χ0) is 18.1. The van der Waals surface area contributed by atoms with Gasteiger partial charge in [-0.1, -0.05) is 36.2 Å². The Bertz CT molecular complexity index is 622. The van der Waals surface area contributed by atoms with Crippen molar-refractivity contribution < 1.29 is 9.53 Å². The summed E-state index contributed by atoms with van der Waals surface area (Å²) in [6, 6.07) is 9.07. The van der Waals surface area contributed by atoms with Crippen molar-refractivity contribution in [2.24, 2.45) is 23.5 Å². The molecule has 4 rings (SSSR count). The molecule has 3 N–H and O–H groups in total. The van der Waals surface area contributed by atoms with Crippen molar-refractivity contribution in [3.8, 4) is 0 Å². The zero-order valence-corrected chi connectivity index (χ0v) is 17.0. The molecule has 0 aromatic heterocycles. The van der Waals surface area contributed by atoms with Gasteiger partial charge in [-0.3, -0.25) is 4.79 Å². The summed E-state index contributed by atoms with van der Waals surface area (Å²) < 4.78 is 6.06. The second-order valence-electron chi connectivity index (χ2n) is 8.67. The fourth-order valence-electron chi connectivity index (χ4n) is 5.43. The molecule has 3 fully saturated rings. The van der Waals surface area contributed by atoms with Crippen molar-refractivity contribution in [2.75, 3.05) is 6.61 Å². The van der Waals surface area contributed by atoms with Crippen LogP contribution in [0.1, 0.15) is 62.2 Å². The minimum absolute atomic E-state index is 0. The van der Waals surface area contributed by atoms with Gasteiger partial charge in [-0.15, -0.1) is 12.4 Å². The monoisotopic (exact) mass is 392 g/mol. The third kappa shape index (κ3) is 4.49. The summed E-state index contributed by atoms with van der Waals surface area (Å²) >= 11 is 0. The third-order valence-corrected chi connectivity index (χ3v) is 6.75. The number of hydrogen-bond donors (Lipinski definition) is 2. The maximum atomic E-state index is 13.2. The van der Waals surface area contributed by atoms with Crippen molar-refractivity contribution in [1.82, 2.24) is 5.32 Å². The molecule has 150 valence electrons. The highest BCUT2D eigenvalue weighted by Crippen LogP contribution is 2.41. The number of halogens is 1. The summed E-state index contributed by atoms with van der Waals surface area (Å²) in [7, 11) is 0. The average molecular weight is 393 g/mol. The molecule has 2 saturated carbocycles. The molecule has 5 heteroatoms. The number of carbonyl (C=O) groups excluding carboxylic acids is 1. The van der Waals surface area contributed by atoms with Gasteiger partial charge >= 0.3 is 0 Å². The number of fused-ring (bicyclic) bond motifs is 2. The Hall–Kier alpha value is -1.10. The van der Waals surface area contributed by atoms with Gasteiger partial charge < -0.3 is 15.8 Å². The van der Waals surface area contributed by atoms with Crippen LogP contribution in [0.4, 0.5) is 0 Å². The lowest BCUT2D eigenvalue weighted by Crippen LogP contribution is -2.55. The van der Waals surface area contributed by atoms with Crippen molar-refractivity contribution in [3.63, 3.8) is 0 Å². The van der Waals surface area contributed by atoms with Crippen molar-refractivity contribution in [2.45, 2.75) is 70.1 Å². The summed E-state index contributed by atoms with van der Waals surface area (Å²) in [4.78, 5) is 13.2. The number of nitrogens with two attached hydrogens (primary N) is 1. The molecule has 1 aromatic carbocycles. The Morgan fingerprint density at radius 2 is 1.74 bits per heavy atom. The molecule has 0 spiro atoms. The molecule has 4 unspecified atom stereocenters. The molecule has 27 heavy (non-hydrogen) atoms. The highest BCUT2D eigenvalue weighted by molar-refractivity contribution is 5.85. The van der Waals surface area contributed by atoms with Crippen LogP contribution >= 0.6 is 12.4 Å². The molecule has 1 aromatic rings. The van der Waals surface area contributed by atoms with E-state index in [0.29, 0.717) is 23.9 Å². The number of benzene rings is 1. The van der Waals surface area contributed by atoms with E-state index < -0.39 is 0 Å². The zero-order valence-electron chi connectivity index (χ0n) is 16.2.